The monoisotopic (exact) mass is 401 g/mol. The van der Waals surface area contributed by atoms with Gasteiger partial charge in [-0.25, -0.2) is 13.6 Å². The molecule has 0 unspecified atom stereocenters. The van der Waals surface area contributed by atoms with Crippen molar-refractivity contribution in [1.82, 2.24) is 5.32 Å². The molecule has 0 saturated heterocycles. The minimum atomic E-state index is -1.69. The second-order valence-corrected chi connectivity index (χ2v) is 5.39. The lowest BCUT2D eigenvalue weighted by molar-refractivity contribution is -0.137. The number of nitrogens with one attached hydrogen (secondary N) is 1. The fraction of sp³-hybridized carbons (Fsp3) is 0.222. The van der Waals surface area contributed by atoms with E-state index in [4.69, 9.17) is 13.9 Å². The van der Waals surface area contributed by atoms with Gasteiger partial charge in [-0.15, -0.1) is 0 Å². The molecule has 1 aromatic heterocycles. The summed E-state index contributed by atoms with van der Waals surface area (Å²) in [5, 5.41) is 2.37. The highest BCUT2D eigenvalue weighted by molar-refractivity contribution is 5.93. The average Bonchev–Trinajstić information content (AvgIpc) is 3.09. The van der Waals surface area contributed by atoms with Crippen LogP contribution < -0.4 is 10.1 Å². The number of hydrogen-bond acceptors (Lipinski definition) is 5. The van der Waals surface area contributed by atoms with Crippen molar-refractivity contribution in [3.05, 3.63) is 64.8 Å². The van der Waals surface area contributed by atoms with Gasteiger partial charge in [-0.2, -0.15) is 8.78 Å². The number of ether oxygens (including phenoxy) is 2. The zero-order valence-corrected chi connectivity index (χ0v) is 14.8. The van der Waals surface area contributed by atoms with E-state index in [0.717, 1.165) is 6.08 Å². The third kappa shape index (κ3) is 5.12. The van der Waals surface area contributed by atoms with Gasteiger partial charge in [0, 0.05) is 17.8 Å². The molecule has 0 bridgehead atoms. The number of hydrogen-bond donors (Lipinski definition) is 1. The molecule has 0 saturated carbocycles. The molecule has 1 N–H and O–H groups in total. The standard InChI is InChI=1S/C18H15F4NO5/c1-3-26-14(24)6-9(2)23-18(25)13-5-4-10(28-13)8-27-17-15(21)11(19)7-12(20)16(17)22/h4-7H,3,8H2,1-2H3,(H,23,25)/b9-6+. The Morgan fingerprint density at radius 1 is 1.14 bits per heavy atom. The molecule has 0 radical (unpaired) electrons. The molecular formula is C18H15F4NO5. The van der Waals surface area contributed by atoms with Crippen molar-refractivity contribution in [3.63, 3.8) is 0 Å². The lowest BCUT2D eigenvalue weighted by atomic mass is 10.3. The number of rotatable bonds is 7. The van der Waals surface area contributed by atoms with E-state index in [9.17, 15) is 27.2 Å². The molecule has 0 fully saturated rings. The summed E-state index contributed by atoms with van der Waals surface area (Å²) in [4.78, 5) is 23.3. The Hall–Kier alpha value is -3.30. The Bertz CT molecular complexity index is 897. The topological polar surface area (TPSA) is 77.8 Å². The summed E-state index contributed by atoms with van der Waals surface area (Å²) in [6.07, 6.45) is 1.07. The van der Waals surface area contributed by atoms with Crippen LogP contribution in [0.3, 0.4) is 0 Å². The summed E-state index contributed by atoms with van der Waals surface area (Å²) in [5.74, 6) is -9.44. The molecule has 10 heteroatoms. The van der Waals surface area contributed by atoms with Crippen LogP contribution in [0, 0.1) is 23.3 Å². The smallest absolute Gasteiger partial charge is 0.332 e. The summed E-state index contributed by atoms with van der Waals surface area (Å²) < 4.78 is 67.9. The van der Waals surface area contributed by atoms with Crippen LogP contribution >= 0.6 is 0 Å². The lowest BCUT2D eigenvalue weighted by Crippen LogP contribution is -2.21. The van der Waals surface area contributed by atoms with E-state index in [0.29, 0.717) is 0 Å². The van der Waals surface area contributed by atoms with Gasteiger partial charge in [0.15, 0.2) is 23.1 Å². The molecule has 0 aliphatic heterocycles. The highest BCUT2D eigenvalue weighted by atomic mass is 19.2. The average molecular weight is 401 g/mol. The maximum atomic E-state index is 13.5. The highest BCUT2D eigenvalue weighted by Crippen LogP contribution is 2.27. The summed E-state index contributed by atoms with van der Waals surface area (Å²) in [7, 11) is 0. The number of benzene rings is 1. The van der Waals surface area contributed by atoms with E-state index in [-0.39, 0.29) is 29.9 Å². The molecule has 0 aliphatic carbocycles. The summed E-state index contributed by atoms with van der Waals surface area (Å²) in [5.41, 5.74) is 0.192. The zero-order valence-electron chi connectivity index (χ0n) is 14.8. The number of allylic oxidation sites excluding steroid dienone is 1. The van der Waals surface area contributed by atoms with Crippen molar-refractivity contribution in [2.45, 2.75) is 20.5 Å². The first-order chi connectivity index (χ1) is 13.2. The Morgan fingerprint density at radius 2 is 1.79 bits per heavy atom. The predicted octanol–water partition coefficient (Wildman–Crippen LogP) is 3.61. The normalized spacial score (nSPS) is 11.3. The summed E-state index contributed by atoms with van der Waals surface area (Å²) in [6.45, 7) is 2.66. The van der Waals surface area contributed by atoms with Gasteiger partial charge in [0.05, 0.1) is 6.61 Å². The second-order valence-electron chi connectivity index (χ2n) is 5.39. The maximum absolute atomic E-state index is 13.5. The number of furan rings is 1. The molecule has 0 aliphatic rings. The van der Waals surface area contributed by atoms with Crippen molar-refractivity contribution < 1.29 is 41.0 Å². The van der Waals surface area contributed by atoms with Crippen molar-refractivity contribution in [1.29, 1.82) is 0 Å². The van der Waals surface area contributed by atoms with E-state index in [1.165, 1.54) is 19.1 Å². The van der Waals surface area contributed by atoms with Crippen molar-refractivity contribution in [2.24, 2.45) is 0 Å². The third-order valence-corrected chi connectivity index (χ3v) is 3.25. The van der Waals surface area contributed by atoms with Crippen LogP contribution in [0.25, 0.3) is 0 Å². The van der Waals surface area contributed by atoms with Gasteiger partial charge in [0.25, 0.3) is 5.91 Å². The SMILES string of the molecule is CCOC(=O)/C=C(\C)NC(=O)c1ccc(COc2c(F)c(F)cc(F)c2F)o1. The molecule has 1 heterocycles. The first kappa shape index (κ1) is 21.0. The van der Waals surface area contributed by atoms with Crippen LogP contribution in [-0.2, 0) is 16.1 Å². The summed E-state index contributed by atoms with van der Waals surface area (Å²) in [6, 6.07) is 2.56. The Labute approximate surface area is 156 Å². The van der Waals surface area contributed by atoms with E-state index < -0.39 is 47.5 Å². The van der Waals surface area contributed by atoms with Crippen LogP contribution in [0.4, 0.5) is 17.6 Å². The predicted molar refractivity (Wildman–Crippen MR) is 87.2 cm³/mol. The quantitative estimate of drug-likeness (QED) is 0.332. The fourth-order valence-corrected chi connectivity index (χ4v) is 2.04. The van der Waals surface area contributed by atoms with Gasteiger partial charge >= 0.3 is 5.97 Å². The van der Waals surface area contributed by atoms with Crippen molar-refractivity contribution >= 4 is 11.9 Å². The highest BCUT2D eigenvalue weighted by Gasteiger charge is 2.21. The molecule has 2 rings (SSSR count). The van der Waals surface area contributed by atoms with Crippen LogP contribution in [0.1, 0.15) is 30.2 Å². The number of halogens is 4. The molecule has 2 aromatic rings. The molecule has 150 valence electrons. The van der Waals surface area contributed by atoms with E-state index >= 15 is 0 Å². The number of esters is 1. The number of amides is 1. The molecule has 0 atom stereocenters. The molecule has 6 nitrogen and oxygen atoms in total. The molecule has 0 spiro atoms. The number of carbonyl (C=O) groups is 2. The minimum absolute atomic E-state index is 0.0411. The van der Waals surface area contributed by atoms with Crippen molar-refractivity contribution in [2.75, 3.05) is 6.61 Å². The number of carbonyl (C=O) groups excluding carboxylic acids is 2. The van der Waals surface area contributed by atoms with Gasteiger partial charge < -0.3 is 19.2 Å². The van der Waals surface area contributed by atoms with Gasteiger partial charge in [-0.05, 0) is 26.0 Å². The van der Waals surface area contributed by atoms with E-state index in [2.05, 4.69) is 5.32 Å². The molecule has 1 amide bonds. The minimum Gasteiger partial charge on any atom is -0.479 e. The first-order valence-corrected chi connectivity index (χ1v) is 7.93. The van der Waals surface area contributed by atoms with E-state index in [1.54, 1.807) is 6.92 Å². The second kappa shape index (κ2) is 9.07. The van der Waals surface area contributed by atoms with Gasteiger partial charge in [-0.1, -0.05) is 0 Å². The Kier molecular flexibility index (Phi) is 6.80. The van der Waals surface area contributed by atoms with Crippen LogP contribution in [0.15, 0.2) is 34.4 Å². The lowest BCUT2D eigenvalue weighted by Gasteiger charge is -2.08. The van der Waals surface area contributed by atoms with Gasteiger partial charge in [0.2, 0.25) is 11.6 Å². The fourth-order valence-electron chi connectivity index (χ4n) is 2.04. The Morgan fingerprint density at radius 3 is 2.39 bits per heavy atom. The largest absolute Gasteiger partial charge is 0.479 e. The van der Waals surface area contributed by atoms with Gasteiger partial charge in [0.1, 0.15) is 12.4 Å². The zero-order chi connectivity index (χ0) is 20.8. The van der Waals surface area contributed by atoms with Crippen LogP contribution in [0.2, 0.25) is 0 Å². The third-order valence-electron chi connectivity index (χ3n) is 3.25. The maximum Gasteiger partial charge on any atom is 0.332 e. The van der Waals surface area contributed by atoms with Gasteiger partial charge in [-0.3, -0.25) is 4.79 Å². The molecule has 1 aromatic carbocycles. The van der Waals surface area contributed by atoms with Crippen LogP contribution in [-0.4, -0.2) is 18.5 Å². The van der Waals surface area contributed by atoms with Crippen molar-refractivity contribution in [3.8, 4) is 5.75 Å². The van der Waals surface area contributed by atoms with Crippen LogP contribution in [0.5, 0.6) is 5.75 Å². The molecular weight excluding hydrogens is 386 g/mol. The first-order valence-electron chi connectivity index (χ1n) is 7.93. The summed E-state index contributed by atoms with van der Waals surface area (Å²) >= 11 is 0. The molecule has 28 heavy (non-hydrogen) atoms. The Balaban J connectivity index is 2.03. The van der Waals surface area contributed by atoms with E-state index in [1.807, 2.05) is 0 Å².